The molecule has 1 amide bonds. The standard InChI is InChI=1S/C30H33N5O5/c1-22(33(19-23-7-3-2-4-8-23)20-24-11-13-26(14-12-24)35(38)39)21-40-30(37)32-17-15-25(16-18-32)34-28-10-6-5-9-27(28)31-29(34)36/h2-14,22,25H,15-21H2,1H3,(H,31,36). The van der Waals surface area contributed by atoms with Gasteiger partial charge in [-0.15, -0.1) is 0 Å². The van der Waals surface area contributed by atoms with Gasteiger partial charge in [0, 0.05) is 50.4 Å². The number of rotatable bonds is 9. The van der Waals surface area contributed by atoms with Crippen LogP contribution < -0.4 is 5.69 Å². The summed E-state index contributed by atoms with van der Waals surface area (Å²) in [6.07, 6.45) is 0.992. The molecule has 0 saturated carbocycles. The van der Waals surface area contributed by atoms with Crippen molar-refractivity contribution < 1.29 is 14.5 Å². The van der Waals surface area contributed by atoms with E-state index in [2.05, 4.69) is 9.88 Å². The van der Waals surface area contributed by atoms with Crippen LogP contribution in [0.25, 0.3) is 11.0 Å². The van der Waals surface area contributed by atoms with Gasteiger partial charge in [-0.05, 0) is 43.0 Å². The molecule has 10 heteroatoms. The average Bonchev–Trinajstić information content (AvgIpc) is 3.32. The molecule has 10 nitrogen and oxygen atoms in total. The Kier molecular flexibility index (Phi) is 8.26. The number of ether oxygens (including phenoxy) is 1. The van der Waals surface area contributed by atoms with Gasteiger partial charge >= 0.3 is 11.8 Å². The summed E-state index contributed by atoms with van der Waals surface area (Å²) in [6, 6.07) is 24.1. The van der Waals surface area contributed by atoms with Crippen LogP contribution in [0.2, 0.25) is 0 Å². The number of likely N-dealkylation sites (tertiary alicyclic amines) is 1. The number of carbonyl (C=O) groups excluding carboxylic acids is 1. The Balaban J connectivity index is 1.19. The van der Waals surface area contributed by atoms with Gasteiger partial charge < -0.3 is 14.6 Å². The predicted octanol–water partition coefficient (Wildman–Crippen LogP) is 5.10. The van der Waals surface area contributed by atoms with Crippen molar-refractivity contribution in [3.63, 3.8) is 0 Å². The van der Waals surface area contributed by atoms with E-state index in [1.54, 1.807) is 21.6 Å². The normalized spacial score (nSPS) is 14.9. The van der Waals surface area contributed by atoms with Crippen LogP contribution in [0, 0.1) is 10.1 Å². The first-order valence-electron chi connectivity index (χ1n) is 13.5. The van der Waals surface area contributed by atoms with E-state index in [1.807, 2.05) is 61.5 Å². The van der Waals surface area contributed by atoms with Crippen LogP contribution >= 0.6 is 0 Å². The fourth-order valence-electron chi connectivity index (χ4n) is 5.28. The minimum atomic E-state index is -0.408. The Morgan fingerprint density at radius 2 is 1.62 bits per heavy atom. The number of benzene rings is 3. The highest BCUT2D eigenvalue weighted by Gasteiger charge is 2.27. The molecule has 1 aliphatic rings. The number of H-pyrrole nitrogens is 1. The van der Waals surface area contributed by atoms with E-state index in [-0.39, 0.29) is 36.2 Å². The summed E-state index contributed by atoms with van der Waals surface area (Å²) in [7, 11) is 0. The SMILES string of the molecule is CC(COC(=O)N1CCC(n2c(=O)[nH]c3ccccc32)CC1)N(Cc1ccccc1)Cc1ccc([N+](=O)[O-])cc1. The van der Waals surface area contributed by atoms with Crippen molar-refractivity contribution in [2.75, 3.05) is 19.7 Å². The third kappa shape index (κ3) is 6.23. The monoisotopic (exact) mass is 543 g/mol. The van der Waals surface area contributed by atoms with E-state index < -0.39 is 4.92 Å². The summed E-state index contributed by atoms with van der Waals surface area (Å²) in [5, 5.41) is 11.0. The number of nitro benzene ring substituents is 1. The summed E-state index contributed by atoms with van der Waals surface area (Å²) in [4.78, 5) is 43.0. The van der Waals surface area contributed by atoms with Crippen LogP contribution in [0.1, 0.15) is 36.9 Å². The van der Waals surface area contributed by atoms with Crippen LogP contribution in [0.15, 0.2) is 83.7 Å². The Labute approximate surface area is 231 Å². The second kappa shape index (κ2) is 12.2. The number of hydrogen-bond donors (Lipinski definition) is 1. The van der Waals surface area contributed by atoms with Gasteiger partial charge in [0.15, 0.2) is 0 Å². The average molecular weight is 544 g/mol. The first kappa shape index (κ1) is 27.1. The molecule has 1 saturated heterocycles. The van der Waals surface area contributed by atoms with Crippen molar-refractivity contribution in [3.05, 3.63) is 111 Å². The zero-order valence-corrected chi connectivity index (χ0v) is 22.4. The molecular formula is C30H33N5O5. The van der Waals surface area contributed by atoms with Gasteiger partial charge in [0.25, 0.3) is 5.69 Å². The number of non-ortho nitro benzene ring substituents is 1. The number of para-hydroxylation sites is 2. The molecule has 1 aliphatic heterocycles. The molecule has 208 valence electrons. The molecule has 3 aromatic carbocycles. The number of amides is 1. The van der Waals surface area contributed by atoms with Gasteiger partial charge in [0.2, 0.25) is 0 Å². The highest BCUT2D eigenvalue weighted by molar-refractivity contribution is 5.75. The van der Waals surface area contributed by atoms with Crippen LogP contribution in [-0.2, 0) is 17.8 Å². The fourth-order valence-corrected chi connectivity index (χ4v) is 5.28. The van der Waals surface area contributed by atoms with Crippen LogP contribution in [0.4, 0.5) is 10.5 Å². The van der Waals surface area contributed by atoms with E-state index in [1.165, 1.54) is 12.1 Å². The van der Waals surface area contributed by atoms with E-state index in [0.717, 1.165) is 22.2 Å². The third-order valence-electron chi connectivity index (χ3n) is 7.54. The Morgan fingerprint density at radius 3 is 2.30 bits per heavy atom. The van der Waals surface area contributed by atoms with E-state index >= 15 is 0 Å². The van der Waals surface area contributed by atoms with Crippen molar-refractivity contribution in [2.24, 2.45) is 0 Å². The van der Waals surface area contributed by atoms with Gasteiger partial charge in [-0.25, -0.2) is 9.59 Å². The highest BCUT2D eigenvalue weighted by Crippen LogP contribution is 2.25. The van der Waals surface area contributed by atoms with Crippen LogP contribution in [0.3, 0.4) is 0 Å². The highest BCUT2D eigenvalue weighted by atomic mass is 16.6. The molecule has 1 N–H and O–H groups in total. The lowest BCUT2D eigenvalue weighted by Crippen LogP contribution is -2.42. The zero-order chi connectivity index (χ0) is 28.1. The van der Waals surface area contributed by atoms with Gasteiger partial charge in [0.05, 0.1) is 16.0 Å². The number of aromatic amines is 1. The summed E-state index contributed by atoms with van der Waals surface area (Å²) in [6.45, 7) is 4.44. The summed E-state index contributed by atoms with van der Waals surface area (Å²) in [5.74, 6) is 0. The minimum Gasteiger partial charge on any atom is -0.448 e. The molecule has 2 heterocycles. The topological polar surface area (TPSA) is 114 Å². The van der Waals surface area contributed by atoms with Gasteiger partial charge in [0.1, 0.15) is 6.61 Å². The van der Waals surface area contributed by atoms with Crippen molar-refractivity contribution in [1.82, 2.24) is 19.4 Å². The van der Waals surface area contributed by atoms with Gasteiger partial charge in [-0.1, -0.05) is 54.6 Å². The summed E-state index contributed by atoms with van der Waals surface area (Å²) < 4.78 is 7.56. The third-order valence-corrected chi connectivity index (χ3v) is 7.54. The lowest BCUT2D eigenvalue weighted by Gasteiger charge is -2.33. The maximum absolute atomic E-state index is 13.0. The molecule has 1 fully saturated rings. The smallest absolute Gasteiger partial charge is 0.409 e. The minimum absolute atomic E-state index is 0.0229. The quantitative estimate of drug-likeness (QED) is 0.232. The first-order chi connectivity index (χ1) is 19.4. The first-order valence-corrected chi connectivity index (χ1v) is 13.5. The number of aromatic nitrogens is 2. The Morgan fingerprint density at radius 1 is 1.00 bits per heavy atom. The molecular weight excluding hydrogens is 510 g/mol. The molecule has 4 aromatic rings. The largest absolute Gasteiger partial charge is 0.448 e. The number of nitrogens with zero attached hydrogens (tertiary/aromatic N) is 4. The van der Waals surface area contributed by atoms with Gasteiger partial charge in [-0.2, -0.15) is 0 Å². The fraction of sp³-hybridized carbons (Fsp3) is 0.333. The van der Waals surface area contributed by atoms with Crippen molar-refractivity contribution >= 4 is 22.8 Å². The Hall–Kier alpha value is -4.44. The Bertz CT molecular complexity index is 1510. The molecule has 0 spiro atoms. The van der Waals surface area contributed by atoms with Crippen LogP contribution in [0.5, 0.6) is 0 Å². The summed E-state index contributed by atoms with van der Waals surface area (Å²) in [5.41, 5.74) is 3.69. The molecule has 0 radical (unpaired) electrons. The molecule has 1 unspecified atom stereocenters. The van der Waals surface area contributed by atoms with Crippen LogP contribution in [-0.4, -0.2) is 56.1 Å². The van der Waals surface area contributed by atoms with Crippen molar-refractivity contribution in [3.8, 4) is 0 Å². The van der Waals surface area contributed by atoms with E-state index in [4.69, 9.17) is 4.74 Å². The number of fused-ring (bicyclic) bond motifs is 1. The number of nitro groups is 1. The number of hydrogen-bond acceptors (Lipinski definition) is 6. The van der Waals surface area contributed by atoms with Crippen molar-refractivity contribution in [2.45, 2.75) is 44.9 Å². The lowest BCUT2D eigenvalue weighted by atomic mass is 10.0. The van der Waals surface area contributed by atoms with E-state index in [9.17, 15) is 19.7 Å². The predicted molar refractivity (Wildman–Crippen MR) is 152 cm³/mol. The zero-order valence-electron chi connectivity index (χ0n) is 22.4. The maximum atomic E-state index is 13.0. The molecule has 5 rings (SSSR count). The number of imidazole rings is 1. The van der Waals surface area contributed by atoms with Crippen molar-refractivity contribution in [1.29, 1.82) is 0 Å². The van der Waals surface area contributed by atoms with Gasteiger partial charge in [-0.3, -0.25) is 19.6 Å². The lowest BCUT2D eigenvalue weighted by molar-refractivity contribution is -0.384. The molecule has 0 aliphatic carbocycles. The number of piperidine rings is 1. The molecule has 0 bridgehead atoms. The van der Waals surface area contributed by atoms with E-state index in [0.29, 0.717) is 39.0 Å². The summed E-state index contributed by atoms with van der Waals surface area (Å²) >= 11 is 0. The second-order valence-corrected chi connectivity index (χ2v) is 10.3. The number of nitrogens with one attached hydrogen (secondary N) is 1. The maximum Gasteiger partial charge on any atom is 0.409 e. The number of carbonyl (C=O) groups is 1. The molecule has 1 aromatic heterocycles. The molecule has 40 heavy (non-hydrogen) atoms. The second-order valence-electron chi connectivity index (χ2n) is 10.3. The molecule has 1 atom stereocenters.